The monoisotopic (exact) mass is 274 g/mol. The summed E-state index contributed by atoms with van der Waals surface area (Å²) < 4.78 is 7.15. The standard InChI is InChI=1S/C15H22N4O/c1-11-6-4-5-7-12(11)8-9-13(18-16)15-14(20-3)10-17-19(15)2/h4-7,10,13,18H,8-9,16H2,1-3H3. The van der Waals surface area contributed by atoms with Gasteiger partial charge in [-0.2, -0.15) is 5.10 Å². The molecule has 3 N–H and O–H groups in total. The first-order valence-corrected chi connectivity index (χ1v) is 6.74. The summed E-state index contributed by atoms with van der Waals surface area (Å²) in [4.78, 5) is 0. The Bertz CT molecular complexity index is 565. The SMILES string of the molecule is COc1cnn(C)c1C(CCc1ccccc1C)NN. The number of hydrogen-bond acceptors (Lipinski definition) is 4. The number of aryl methyl sites for hydroxylation is 3. The van der Waals surface area contributed by atoms with Crippen molar-refractivity contribution in [1.29, 1.82) is 0 Å². The number of ether oxygens (including phenoxy) is 1. The molecule has 2 rings (SSSR count). The number of aromatic nitrogens is 2. The van der Waals surface area contributed by atoms with Crippen LogP contribution >= 0.6 is 0 Å². The Morgan fingerprint density at radius 2 is 2.15 bits per heavy atom. The van der Waals surface area contributed by atoms with Crippen LogP contribution in [0, 0.1) is 6.92 Å². The molecule has 1 aromatic carbocycles. The highest BCUT2D eigenvalue weighted by Gasteiger charge is 2.19. The average molecular weight is 274 g/mol. The van der Waals surface area contributed by atoms with E-state index in [1.807, 2.05) is 7.05 Å². The lowest BCUT2D eigenvalue weighted by Crippen LogP contribution is -2.30. The van der Waals surface area contributed by atoms with Crippen LogP contribution in [0.5, 0.6) is 5.75 Å². The van der Waals surface area contributed by atoms with Crippen LogP contribution in [0.1, 0.15) is 29.3 Å². The topological polar surface area (TPSA) is 65.1 Å². The molecule has 0 fully saturated rings. The van der Waals surface area contributed by atoms with Crippen molar-refractivity contribution in [3.05, 3.63) is 47.3 Å². The van der Waals surface area contributed by atoms with Crippen molar-refractivity contribution in [3.8, 4) is 5.75 Å². The molecule has 20 heavy (non-hydrogen) atoms. The molecule has 5 nitrogen and oxygen atoms in total. The lowest BCUT2D eigenvalue weighted by atomic mass is 9.99. The molecule has 0 aliphatic heterocycles. The molecule has 0 aliphatic carbocycles. The molecular formula is C15H22N4O. The molecule has 5 heteroatoms. The van der Waals surface area contributed by atoms with E-state index in [4.69, 9.17) is 10.6 Å². The van der Waals surface area contributed by atoms with Crippen molar-refractivity contribution < 1.29 is 4.74 Å². The highest BCUT2D eigenvalue weighted by molar-refractivity contribution is 5.29. The number of nitrogens with zero attached hydrogens (tertiary/aromatic N) is 2. The molecule has 1 heterocycles. The number of rotatable bonds is 6. The third kappa shape index (κ3) is 3.00. The Morgan fingerprint density at radius 3 is 2.80 bits per heavy atom. The molecule has 108 valence electrons. The lowest BCUT2D eigenvalue weighted by molar-refractivity contribution is 0.389. The number of nitrogens with one attached hydrogen (secondary N) is 1. The summed E-state index contributed by atoms with van der Waals surface area (Å²) in [6, 6.07) is 8.42. The fraction of sp³-hybridized carbons (Fsp3) is 0.400. The van der Waals surface area contributed by atoms with Crippen LogP contribution < -0.4 is 16.0 Å². The molecule has 1 atom stereocenters. The van der Waals surface area contributed by atoms with E-state index in [9.17, 15) is 0 Å². The Labute approximate surface area is 119 Å². The summed E-state index contributed by atoms with van der Waals surface area (Å²) in [6.45, 7) is 2.13. The molecule has 0 amide bonds. The van der Waals surface area contributed by atoms with Crippen LogP contribution in [-0.4, -0.2) is 16.9 Å². The zero-order valence-electron chi connectivity index (χ0n) is 12.3. The number of hydrogen-bond donors (Lipinski definition) is 2. The number of hydrazine groups is 1. The zero-order chi connectivity index (χ0) is 14.5. The zero-order valence-corrected chi connectivity index (χ0v) is 12.3. The summed E-state index contributed by atoms with van der Waals surface area (Å²) >= 11 is 0. The van der Waals surface area contributed by atoms with Crippen LogP contribution in [0.25, 0.3) is 0 Å². The fourth-order valence-electron chi connectivity index (χ4n) is 2.47. The van der Waals surface area contributed by atoms with Gasteiger partial charge in [-0.15, -0.1) is 0 Å². The van der Waals surface area contributed by atoms with Gasteiger partial charge in [0.05, 0.1) is 25.0 Å². The van der Waals surface area contributed by atoms with Gasteiger partial charge in [0.2, 0.25) is 0 Å². The van der Waals surface area contributed by atoms with Gasteiger partial charge >= 0.3 is 0 Å². The first-order chi connectivity index (χ1) is 9.67. The predicted octanol–water partition coefficient (Wildman–Crippen LogP) is 1.87. The number of benzene rings is 1. The van der Waals surface area contributed by atoms with E-state index in [0.717, 1.165) is 24.3 Å². The quantitative estimate of drug-likeness (QED) is 0.623. The Hall–Kier alpha value is -1.85. The van der Waals surface area contributed by atoms with E-state index in [2.05, 4.69) is 41.7 Å². The maximum absolute atomic E-state index is 5.71. The summed E-state index contributed by atoms with van der Waals surface area (Å²) in [5.41, 5.74) is 6.49. The van der Waals surface area contributed by atoms with Crippen LogP contribution in [0.2, 0.25) is 0 Å². The van der Waals surface area contributed by atoms with Crippen LogP contribution in [-0.2, 0) is 13.5 Å². The van der Waals surface area contributed by atoms with E-state index in [1.165, 1.54) is 11.1 Å². The third-order valence-corrected chi connectivity index (χ3v) is 3.66. The highest BCUT2D eigenvalue weighted by Crippen LogP contribution is 2.27. The molecule has 0 aliphatic rings. The molecule has 0 saturated heterocycles. The van der Waals surface area contributed by atoms with Gasteiger partial charge in [-0.05, 0) is 30.9 Å². The van der Waals surface area contributed by atoms with Crippen LogP contribution in [0.4, 0.5) is 0 Å². The molecular weight excluding hydrogens is 252 g/mol. The van der Waals surface area contributed by atoms with Crippen molar-refractivity contribution in [2.75, 3.05) is 7.11 Å². The summed E-state index contributed by atoms with van der Waals surface area (Å²) in [6.07, 6.45) is 3.56. The maximum Gasteiger partial charge on any atom is 0.161 e. The predicted molar refractivity (Wildman–Crippen MR) is 79.3 cm³/mol. The second-order valence-electron chi connectivity index (χ2n) is 4.91. The molecule has 1 aromatic heterocycles. The first kappa shape index (κ1) is 14.6. The normalized spacial score (nSPS) is 12.4. The first-order valence-electron chi connectivity index (χ1n) is 6.74. The van der Waals surface area contributed by atoms with Crippen molar-refractivity contribution in [1.82, 2.24) is 15.2 Å². The lowest BCUT2D eigenvalue weighted by Gasteiger charge is -2.18. The summed E-state index contributed by atoms with van der Waals surface area (Å²) in [5, 5.41) is 4.22. The second kappa shape index (κ2) is 6.54. The van der Waals surface area contributed by atoms with E-state index < -0.39 is 0 Å². The van der Waals surface area contributed by atoms with Crippen molar-refractivity contribution in [3.63, 3.8) is 0 Å². The molecule has 0 spiro atoms. The van der Waals surface area contributed by atoms with Gasteiger partial charge in [-0.1, -0.05) is 24.3 Å². The Balaban J connectivity index is 2.13. The molecule has 0 saturated carbocycles. The number of methoxy groups -OCH3 is 1. The number of nitrogens with two attached hydrogens (primary N) is 1. The van der Waals surface area contributed by atoms with Gasteiger partial charge in [0.1, 0.15) is 0 Å². The van der Waals surface area contributed by atoms with Gasteiger partial charge < -0.3 is 4.74 Å². The van der Waals surface area contributed by atoms with Gasteiger partial charge in [0, 0.05) is 7.05 Å². The molecule has 2 aromatic rings. The smallest absolute Gasteiger partial charge is 0.161 e. The van der Waals surface area contributed by atoms with Crippen LogP contribution in [0.3, 0.4) is 0 Å². The maximum atomic E-state index is 5.71. The summed E-state index contributed by atoms with van der Waals surface area (Å²) in [5.74, 6) is 6.48. The minimum absolute atomic E-state index is 0.0112. The van der Waals surface area contributed by atoms with E-state index in [1.54, 1.807) is 18.0 Å². The van der Waals surface area contributed by atoms with E-state index in [0.29, 0.717) is 0 Å². The fourth-order valence-corrected chi connectivity index (χ4v) is 2.47. The minimum Gasteiger partial charge on any atom is -0.493 e. The summed E-state index contributed by atoms with van der Waals surface area (Å²) in [7, 11) is 3.55. The molecule has 0 radical (unpaired) electrons. The van der Waals surface area contributed by atoms with Gasteiger partial charge in [0.15, 0.2) is 5.75 Å². The van der Waals surface area contributed by atoms with E-state index >= 15 is 0 Å². The van der Waals surface area contributed by atoms with E-state index in [-0.39, 0.29) is 6.04 Å². The third-order valence-electron chi connectivity index (χ3n) is 3.66. The highest BCUT2D eigenvalue weighted by atomic mass is 16.5. The van der Waals surface area contributed by atoms with Crippen molar-refractivity contribution in [2.45, 2.75) is 25.8 Å². The second-order valence-corrected chi connectivity index (χ2v) is 4.91. The van der Waals surface area contributed by atoms with Crippen molar-refractivity contribution in [2.24, 2.45) is 12.9 Å². The van der Waals surface area contributed by atoms with Gasteiger partial charge in [-0.3, -0.25) is 16.0 Å². The van der Waals surface area contributed by atoms with Crippen molar-refractivity contribution >= 4 is 0 Å². The van der Waals surface area contributed by atoms with Gasteiger partial charge in [-0.25, -0.2) is 0 Å². The average Bonchev–Trinajstić information content (AvgIpc) is 2.83. The Morgan fingerprint density at radius 1 is 1.40 bits per heavy atom. The van der Waals surface area contributed by atoms with Crippen LogP contribution in [0.15, 0.2) is 30.5 Å². The largest absolute Gasteiger partial charge is 0.493 e. The Kier molecular flexibility index (Phi) is 4.76. The minimum atomic E-state index is 0.0112. The van der Waals surface area contributed by atoms with Gasteiger partial charge in [0.25, 0.3) is 0 Å². The molecule has 1 unspecified atom stereocenters. The molecule has 0 bridgehead atoms.